The maximum atomic E-state index is 12.3. The highest BCUT2D eigenvalue weighted by Gasteiger charge is 2.14. The van der Waals surface area contributed by atoms with Gasteiger partial charge in [-0.25, -0.2) is 0 Å². The molecule has 0 saturated carbocycles. The van der Waals surface area contributed by atoms with Crippen molar-refractivity contribution >= 4 is 51.7 Å². The number of methoxy groups -OCH3 is 1. The molecule has 0 aliphatic rings. The Bertz CT molecular complexity index is 860. The van der Waals surface area contributed by atoms with E-state index in [0.717, 1.165) is 3.57 Å². The van der Waals surface area contributed by atoms with Crippen LogP contribution in [-0.2, 0) is 0 Å². The van der Waals surface area contributed by atoms with Gasteiger partial charge in [0.1, 0.15) is 11.5 Å². The van der Waals surface area contributed by atoms with Gasteiger partial charge in [0.2, 0.25) is 0 Å². The number of hydrazine groups is 1. The first kappa shape index (κ1) is 20.9. The molecule has 9 heteroatoms. The Morgan fingerprint density at radius 1 is 1.07 bits per heavy atom. The third-order valence-corrected chi connectivity index (χ3v) is 4.41. The minimum absolute atomic E-state index is 0.0390. The molecule has 0 saturated heterocycles. The Balaban J connectivity index is 1.93. The molecule has 142 valence electrons. The van der Waals surface area contributed by atoms with Crippen LogP contribution in [-0.4, -0.2) is 30.6 Å². The summed E-state index contributed by atoms with van der Waals surface area (Å²) in [6.07, 6.45) is 0. The van der Waals surface area contributed by atoms with E-state index in [1.54, 1.807) is 49.6 Å². The second-order valence-electron chi connectivity index (χ2n) is 5.14. The summed E-state index contributed by atoms with van der Waals surface area (Å²) in [5.41, 5.74) is 5.71. The Morgan fingerprint density at radius 3 is 2.48 bits per heavy atom. The van der Waals surface area contributed by atoms with Crippen LogP contribution in [0, 0.1) is 3.57 Å². The maximum Gasteiger partial charge on any atom is 0.269 e. The highest BCUT2D eigenvalue weighted by molar-refractivity contribution is 14.1. The average Bonchev–Trinajstić information content (AvgIpc) is 2.66. The van der Waals surface area contributed by atoms with Crippen molar-refractivity contribution in [3.8, 4) is 11.5 Å². The van der Waals surface area contributed by atoms with Crippen molar-refractivity contribution < 1.29 is 19.1 Å². The third-order valence-electron chi connectivity index (χ3n) is 3.36. The number of carbonyl (C=O) groups excluding carboxylic acids is 2. The lowest BCUT2D eigenvalue weighted by Gasteiger charge is -2.13. The van der Waals surface area contributed by atoms with Gasteiger partial charge in [-0.05, 0) is 72.1 Å². The zero-order chi connectivity index (χ0) is 19.8. The normalized spacial score (nSPS) is 9.89. The molecule has 2 amide bonds. The lowest BCUT2D eigenvalue weighted by Crippen LogP contribution is -2.48. The fourth-order valence-corrected chi connectivity index (χ4v) is 3.01. The number of hydrogen-bond donors (Lipinski definition) is 3. The molecule has 3 N–H and O–H groups in total. The summed E-state index contributed by atoms with van der Waals surface area (Å²) in [4.78, 5) is 24.5. The minimum atomic E-state index is -0.440. The number of benzene rings is 2. The Morgan fingerprint density at radius 2 is 1.81 bits per heavy atom. The molecule has 2 rings (SSSR count). The number of para-hydroxylation sites is 1. The van der Waals surface area contributed by atoms with Crippen LogP contribution in [0.3, 0.4) is 0 Å². The Kier molecular flexibility index (Phi) is 7.80. The van der Waals surface area contributed by atoms with E-state index in [1.807, 2.05) is 6.92 Å². The molecule has 0 heterocycles. The summed E-state index contributed by atoms with van der Waals surface area (Å²) in [5, 5.41) is 2.46. The van der Waals surface area contributed by atoms with Gasteiger partial charge in [0.15, 0.2) is 5.11 Å². The first-order chi connectivity index (χ1) is 13.0. The van der Waals surface area contributed by atoms with Crippen LogP contribution in [0.2, 0.25) is 0 Å². The maximum absolute atomic E-state index is 12.3. The van der Waals surface area contributed by atoms with E-state index in [9.17, 15) is 9.59 Å². The predicted molar refractivity (Wildman–Crippen MR) is 114 cm³/mol. The van der Waals surface area contributed by atoms with E-state index in [-0.39, 0.29) is 5.11 Å². The lowest BCUT2D eigenvalue weighted by molar-refractivity contribution is 0.0933. The second-order valence-corrected chi connectivity index (χ2v) is 6.71. The van der Waals surface area contributed by atoms with Crippen LogP contribution >= 0.6 is 34.8 Å². The van der Waals surface area contributed by atoms with Crippen LogP contribution in [0.5, 0.6) is 11.5 Å². The Labute approximate surface area is 175 Å². The predicted octanol–water partition coefficient (Wildman–Crippen LogP) is 2.65. The summed E-state index contributed by atoms with van der Waals surface area (Å²) < 4.78 is 11.4. The molecule has 0 atom stereocenters. The molecule has 0 bridgehead atoms. The summed E-state index contributed by atoms with van der Waals surface area (Å²) in [7, 11) is 1.56. The number of amides is 2. The van der Waals surface area contributed by atoms with E-state index < -0.39 is 11.8 Å². The van der Waals surface area contributed by atoms with Crippen LogP contribution in [0.25, 0.3) is 0 Å². The molecule has 0 aliphatic carbocycles. The topological polar surface area (TPSA) is 88.7 Å². The van der Waals surface area contributed by atoms with Gasteiger partial charge in [0, 0.05) is 5.56 Å². The van der Waals surface area contributed by atoms with Gasteiger partial charge in [-0.15, -0.1) is 0 Å². The van der Waals surface area contributed by atoms with Crippen molar-refractivity contribution in [3.63, 3.8) is 0 Å². The fourth-order valence-electron chi connectivity index (χ4n) is 2.13. The standard InChI is InChI=1S/C18H18IN3O4S/c1-3-26-14-7-5-4-6-12(14)17(24)20-18(27)22-21-16(23)11-8-9-15(25-2)13(19)10-11/h4-10H,3H2,1-2H3,(H,21,23)(H2,20,22,24,27). The van der Waals surface area contributed by atoms with Gasteiger partial charge in [0.05, 0.1) is 22.9 Å². The average molecular weight is 499 g/mol. The van der Waals surface area contributed by atoms with Crippen LogP contribution in [0.4, 0.5) is 0 Å². The van der Waals surface area contributed by atoms with E-state index >= 15 is 0 Å². The highest BCUT2D eigenvalue weighted by atomic mass is 127. The number of ether oxygens (including phenoxy) is 2. The summed E-state index contributed by atoms with van der Waals surface area (Å²) in [6, 6.07) is 11.8. The molecule has 0 spiro atoms. The molecule has 27 heavy (non-hydrogen) atoms. The largest absolute Gasteiger partial charge is 0.496 e. The number of hydrogen-bond acceptors (Lipinski definition) is 5. The van der Waals surface area contributed by atoms with Crippen LogP contribution < -0.4 is 25.6 Å². The molecule has 0 aliphatic heterocycles. The first-order valence-corrected chi connectivity index (χ1v) is 9.42. The zero-order valence-electron chi connectivity index (χ0n) is 14.7. The van der Waals surface area contributed by atoms with Gasteiger partial charge in [0.25, 0.3) is 11.8 Å². The summed E-state index contributed by atoms with van der Waals surface area (Å²) in [6.45, 7) is 2.26. The Hall–Kier alpha value is -2.40. The molecule has 7 nitrogen and oxygen atoms in total. The lowest BCUT2D eigenvalue weighted by atomic mass is 10.2. The van der Waals surface area contributed by atoms with E-state index in [2.05, 4.69) is 38.8 Å². The van der Waals surface area contributed by atoms with Crippen molar-refractivity contribution in [3.05, 3.63) is 57.2 Å². The van der Waals surface area contributed by atoms with Crippen molar-refractivity contribution in [1.29, 1.82) is 0 Å². The quantitative estimate of drug-likeness (QED) is 0.333. The number of thiocarbonyl (C=S) groups is 1. The summed E-state index contributed by atoms with van der Waals surface area (Å²) in [5.74, 6) is 0.291. The molecule has 0 aromatic heterocycles. The minimum Gasteiger partial charge on any atom is -0.496 e. The molecule has 0 fully saturated rings. The van der Waals surface area contributed by atoms with Crippen molar-refractivity contribution in [1.82, 2.24) is 16.2 Å². The van der Waals surface area contributed by atoms with E-state index in [0.29, 0.717) is 29.2 Å². The fraction of sp³-hybridized carbons (Fsp3) is 0.167. The van der Waals surface area contributed by atoms with Crippen LogP contribution in [0.15, 0.2) is 42.5 Å². The van der Waals surface area contributed by atoms with Crippen molar-refractivity contribution in [2.45, 2.75) is 6.92 Å². The smallest absolute Gasteiger partial charge is 0.269 e. The summed E-state index contributed by atoms with van der Waals surface area (Å²) >= 11 is 7.13. The van der Waals surface area contributed by atoms with Gasteiger partial charge >= 0.3 is 0 Å². The number of halogens is 1. The van der Waals surface area contributed by atoms with Gasteiger partial charge < -0.3 is 9.47 Å². The number of rotatable bonds is 5. The van der Waals surface area contributed by atoms with Crippen LogP contribution in [0.1, 0.15) is 27.6 Å². The van der Waals surface area contributed by atoms with Crippen molar-refractivity contribution in [2.75, 3.05) is 13.7 Å². The van der Waals surface area contributed by atoms with E-state index in [4.69, 9.17) is 21.7 Å². The monoisotopic (exact) mass is 499 g/mol. The molecular weight excluding hydrogens is 481 g/mol. The first-order valence-electron chi connectivity index (χ1n) is 7.93. The zero-order valence-corrected chi connectivity index (χ0v) is 17.6. The van der Waals surface area contributed by atoms with Gasteiger partial charge in [-0.3, -0.25) is 25.8 Å². The van der Waals surface area contributed by atoms with E-state index in [1.165, 1.54) is 0 Å². The molecule has 2 aromatic carbocycles. The molecule has 0 unspecified atom stereocenters. The van der Waals surface area contributed by atoms with Gasteiger partial charge in [-0.2, -0.15) is 0 Å². The number of carbonyl (C=O) groups is 2. The molecule has 0 radical (unpaired) electrons. The van der Waals surface area contributed by atoms with Crippen molar-refractivity contribution in [2.24, 2.45) is 0 Å². The third kappa shape index (κ3) is 5.79. The molecule has 2 aromatic rings. The SMILES string of the molecule is CCOc1ccccc1C(=O)NC(=S)NNC(=O)c1ccc(OC)c(I)c1. The molecular formula is C18H18IN3O4S. The second kappa shape index (κ2) is 10.1. The van der Waals surface area contributed by atoms with Gasteiger partial charge in [-0.1, -0.05) is 12.1 Å². The number of nitrogens with one attached hydrogen (secondary N) is 3. The highest BCUT2D eigenvalue weighted by Crippen LogP contribution is 2.21.